The maximum atomic E-state index is 6.31. The van der Waals surface area contributed by atoms with E-state index in [4.69, 9.17) is 10.5 Å². The van der Waals surface area contributed by atoms with Gasteiger partial charge in [-0.3, -0.25) is 0 Å². The van der Waals surface area contributed by atoms with Gasteiger partial charge < -0.3 is 10.5 Å². The van der Waals surface area contributed by atoms with E-state index < -0.39 is 0 Å². The SMILES string of the molecule is COc1cccc(C(C)(N)C2CC2)c1. The minimum absolute atomic E-state index is 0.186. The number of nitrogens with two attached hydrogens (primary N) is 1. The molecule has 2 heteroatoms. The van der Waals surface area contributed by atoms with Crippen molar-refractivity contribution in [3.05, 3.63) is 29.8 Å². The van der Waals surface area contributed by atoms with Crippen molar-refractivity contribution in [3.63, 3.8) is 0 Å². The highest BCUT2D eigenvalue weighted by molar-refractivity contribution is 5.34. The summed E-state index contributed by atoms with van der Waals surface area (Å²) in [6.07, 6.45) is 2.51. The number of hydrogen-bond donors (Lipinski definition) is 1. The topological polar surface area (TPSA) is 35.2 Å². The first-order valence-corrected chi connectivity index (χ1v) is 5.08. The fourth-order valence-electron chi connectivity index (χ4n) is 1.88. The van der Waals surface area contributed by atoms with Gasteiger partial charge in [0.2, 0.25) is 0 Å². The van der Waals surface area contributed by atoms with Crippen molar-refractivity contribution >= 4 is 0 Å². The Kier molecular flexibility index (Phi) is 2.23. The van der Waals surface area contributed by atoms with Crippen LogP contribution < -0.4 is 10.5 Å². The number of rotatable bonds is 3. The van der Waals surface area contributed by atoms with Gasteiger partial charge in [-0.25, -0.2) is 0 Å². The summed E-state index contributed by atoms with van der Waals surface area (Å²) in [5.74, 6) is 1.54. The second-order valence-corrected chi connectivity index (χ2v) is 4.29. The van der Waals surface area contributed by atoms with E-state index in [0.717, 1.165) is 5.75 Å². The van der Waals surface area contributed by atoms with Gasteiger partial charge in [-0.05, 0) is 43.4 Å². The van der Waals surface area contributed by atoms with Crippen LogP contribution in [0.3, 0.4) is 0 Å². The lowest BCUT2D eigenvalue weighted by molar-refractivity contribution is 0.402. The van der Waals surface area contributed by atoms with Crippen molar-refractivity contribution in [2.75, 3.05) is 7.11 Å². The molecule has 1 aliphatic carbocycles. The summed E-state index contributed by atoms with van der Waals surface area (Å²) in [6.45, 7) is 2.11. The van der Waals surface area contributed by atoms with Crippen LogP contribution in [0.2, 0.25) is 0 Å². The van der Waals surface area contributed by atoms with Crippen molar-refractivity contribution in [2.24, 2.45) is 11.7 Å². The highest BCUT2D eigenvalue weighted by Crippen LogP contribution is 2.44. The summed E-state index contributed by atoms with van der Waals surface area (Å²) in [5.41, 5.74) is 7.31. The molecule has 0 heterocycles. The fourth-order valence-corrected chi connectivity index (χ4v) is 1.88. The molecule has 14 heavy (non-hydrogen) atoms. The Morgan fingerprint density at radius 3 is 2.71 bits per heavy atom. The maximum absolute atomic E-state index is 6.31. The average molecular weight is 191 g/mol. The second kappa shape index (κ2) is 3.28. The predicted octanol–water partition coefficient (Wildman–Crippen LogP) is 2.28. The molecule has 1 aliphatic rings. The van der Waals surface area contributed by atoms with E-state index in [2.05, 4.69) is 13.0 Å². The molecule has 0 amide bonds. The van der Waals surface area contributed by atoms with Crippen molar-refractivity contribution in [2.45, 2.75) is 25.3 Å². The lowest BCUT2D eigenvalue weighted by Gasteiger charge is -2.25. The number of hydrogen-bond acceptors (Lipinski definition) is 2. The smallest absolute Gasteiger partial charge is 0.119 e. The average Bonchev–Trinajstić information content (AvgIpc) is 3.01. The molecule has 0 spiro atoms. The van der Waals surface area contributed by atoms with Crippen molar-refractivity contribution in [3.8, 4) is 5.75 Å². The molecule has 2 nitrogen and oxygen atoms in total. The highest BCUT2D eigenvalue weighted by atomic mass is 16.5. The zero-order chi connectivity index (χ0) is 10.2. The van der Waals surface area contributed by atoms with E-state index in [0.29, 0.717) is 5.92 Å². The van der Waals surface area contributed by atoms with Crippen LogP contribution in [-0.4, -0.2) is 7.11 Å². The Hall–Kier alpha value is -1.02. The second-order valence-electron chi connectivity index (χ2n) is 4.29. The molecule has 0 saturated heterocycles. The Morgan fingerprint density at radius 1 is 1.43 bits per heavy atom. The van der Waals surface area contributed by atoms with Crippen molar-refractivity contribution in [1.29, 1.82) is 0 Å². The zero-order valence-corrected chi connectivity index (χ0v) is 8.79. The van der Waals surface area contributed by atoms with Gasteiger partial charge in [-0.2, -0.15) is 0 Å². The van der Waals surface area contributed by atoms with Crippen LogP contribution in [0.4, 0.5) is 0 Å². The van der Waals surface area contributed by atoms with E-state index in [9.17, 15) is 0 Å². The van der Waals surface area contributed by atoms with Crippen LogP contribution in [0.15, 0.2) is 24.3 Å². The molecule has 2 rings (SSSR count). The van der Waals surface area contributed by atoms with E-state index in [1.807, 2.05) is 18.2 Å². The van der Waals surface area contributed by atoms with Gasteiger partial charge >= 0.3 is 0 Å². The molecule has 0 bridgehead atoms. The molecular formula is C12H17NO. The normalized spacial score (nSPS) is 20.2. The molecule has 1 fully saturated rings. The number of methoxy groups -OCH3 is 1. The zero-order valence-electron chi connectivity index (χ0n) is 8.79. The number of benzene rings is 1. The lowest BCUT2D eigenvalue weighted by Crippen LogP contribution is -2.35. The number of ether oxygens (including phenoxy) is 1. The first-order chi connectivity index (χ1) is 6.64. The van der Waals surface area contributed by atoms with E-state index >= 15 is 0 Å². The lowest BCUT2D eigenvalue weighted by atomic mass is 9.88. The van der Waals surface area contributed by atoms with Crippen LogP contribution in [0.5, 0.6) is 5.75 Å². The van der Waals surface area contributed by atoms with Crippen LogP contribution in [0.1, 0.15) is 25.3 Å². The minimum atomic E-state index is -0.186. The molecule has 1 aromatic carbocycles. The van der Waals surface area contributed by atoms with Gasteiger partial charge in [0.15, 0.2) is 0 Å². The van der Waals surface area contributed by atoms with E-state index in [-0.39, 0.29) is 5.54 Å². The Balaban J connectivity index is 2.30. The monoisotopic (exact) mass is 191 g/mol. The molecule has 1 saturated carbocycles. The predicted molar refractivity (Wildman–Crippen MR) is 57.3 cm³/mol. The van der Waals surface area contributed by atoms with Gasteiger partial charge in [-0.1, -0.05) is 12.1 Å². The molecule has 1 aromatic rings. The van der Waals surface area contributed by atoms with Crippen LogP contribution in [-0.2, 0) is 5.54 Å². The van der Waals surface area contributed by atoms with Crippen molar-refractivity contribution < 1.29 is 4.74 Å². The maximum Gasteiger partial charge on any atom is 0.119 e. The summed E-state index contributed by atoms with van der Waals surface area (Å²) in [6, 6.07) is 8.08. The van der Waals surface area contributed by atoms with Crippen LogP contribution >= 0.6 is 0 Å². The Morgan fingerprint density at radius 2 is 2.14 bits per heavy atom. The molecule has 1 unspecified atom stereocenters. The molecular weight excluding hydrogens is 174 g/mol. The quantitative estimate of drug-likeness (QED) is 0.795. The first kappa shape index (κ1) is 9.53. The van der Waals surface area contributed by atoms with Crippen molar-refractivity contribution in [1.82, 2.24) is 0 Å². The van der Waals surface area contributed by atoms with E-state index in [1.54, 1.807) is 7.11 Å². The summed E-state index contributed by atoms with van der Waals surface area (Å²) >= 11 is 0. The highest BCUT2D eigenvalue weighted by Gasteiger charge is 2.39. The third-order valence-corrected chi connectivity index (χ3v) is 3.12. The molecule has 0 aliphatic heterocycles. The summed E-state index contributed by atoms with van der Waals surface area (Å²) < 4.78 is 5.19. The largest absolute Gasteiger partial charge is 0.497 e. The third-order valence-electron chi connectivity index (χ3n) is 3.12. The Bertz CT molecular complexity index is 329. The van der Waals surface area contributed by atoms with Gasteiger partial charge in [-0.15, -0.1) is 0 Å². The summed E-state index contributed by atoms with van der Waals surface area (Å²) in [5, 5.41) is 0. The summed E-state index contributed by atoms with van der Waals surface area (Å²) in [7, 11) is 1.68. The van der Waals surface area contributed by atoms with E-state index in [1.165, 1.54) is 18.4 Å². The Labute approximate surface area is 85.1 Å². The standard InChI is InChI=1S/C12H17NO/c1-12(13,9-6-7-9)10-4-3-5-11(8-10)14-2/h3-5,8-9H,6-7,13H2,1-2H3. The van der Waals surface area contributed by atoms with Gasteiger partial charge in [0.05, 0.1) is 7.11 Å². The molecule has 76 valence electrons. The van der Waals surface area contributed by atoms with Gasteiger partial charge in [0.1, 0.15) is 5.75 Å². The van der Waals surface area contributed by atoms with Gasteiger partial charge in [0, 0.05) is 5.54 Å². The first-order valence-electron chi connectivity index (χ1n) is 5.08. The van der Waals surface area contributed by atoms with Crippen LogP contribution in [0, 0.1) is 5.92 Å². The summed E-state index contributed by atoms with van der Waals surface area (Å²) in [4.78, 5) is 0. The molecule has 0 aromatic heterocycles. The third kappa shape index (κ3) is 1.62. The molecule has 1 atom stereocenters. The molecule has 0 radical (unpaired) electrons. The van der Waals surface area contributed by atoms with Crippen LogP contribution in [0.25, 0.3) is 0 Å². The minimum Gasteiger partial charge on any atom is -0.497 e. The fraction of sp³-hybridized carbons (Fsp3) is 0.500. The van der Waals surface area contributed by atoms with Gasteiger partial charge in [0.25, 0.3) is 0 Å². The molecule has 2 N–H and O–H groups in total.